The molecule has 0 amide bonds. The van der Waals surface area contributed by atoms with E-state index in [1.54, 1.807) is 0 Å². The molecule has 86 valence electrons. The third-order valence-corrected chi connectivity index (χ3v) is 1.94. The molecule has 0 radical (unpaired) electrons. The Labute approximate surface area is 90.2 Å². The number of nitro groups is 1. The normalized spacial score (nSPS) is 9.69. The number of ether oxygens (including phenoxy) is 1. The van der Waals surface area contributed by atoms with Gasteiger partial charge in [0.15, 0.2) is 0 Å². The number of hydrogen-bond donors (Lipinski definition) is 1. The highest BCUT2D eigenvalue weighted by Crippen LogP contribution is 2.29. The van der Waals surface area contributed by atoms with Gasteiger partial charge < -0.3 is 10.1 Å². The fraction of sp³-hybridized carbons (Fsp3) is 0.222. The van der Waals surface area contributed by atoms with Gasteiger partial charge in [0, 0.05) is 7.05 Å². The lowest BCUT2D eigenvalue weighted by Crippen LogP contribution is -2.06. The van der Waals surface area contributed by atoms with Crippen molar-refractivity contribution in [1.29, 1.82) is 0 Å². The summed E-state index contributed by atoms with van der Waals surface area (Å²) in [6.07, 6.45) is 0. The lowest BCUT2D eigenvalue weighted by Gasteiger charge is -2.05. The lowest BCUT2D eigenvalue weighted by atomic mass is 10.1. The average Bonchev–Trinajstić information content (AvgIpc) is 2.26. The second-order valence-electron chi connectivity index (χ2n) is 2.85. The number of carbonyl (C=O) groups is 1. The predicted octanol–water partition coefficient (Wildman–Crippen LogP) is 1.56. The van der Waals surface area contributed by atoms with Crippen LogP contribution in [0, 0.1) is 15.9 Å². The summed E-state index contributed by atoms with van der Waals surface area (Å²) >= 11 is 0. The summed E-state index contributed by atoms with van der Waals surface area (Å²) in [5.41, 5.74) is -0.865. The molecule has 7 heteroatoms. The minimum atomic E-state index is -1.09. The van der Waals surface area contributed by atoms with Crippen molar-refractivity contribution in [3.8, 4) is 0 Å². The minimum Gasteiger partial charge on any atom is -0.465 e. The van der Waals surface area contributed by atoms with Crippen LogP contribution in [0.15, 0.2) is 12.1 Å². The van der Waals surface area contributed by atoms with Gasteiger partial charge in [-0.25, -0.2) is 4.79 Å². The summed E-state index contributed by atoms with van der Waals surface area (Å²) in [4.78, 5) is 20.8. The van der Waals surface area contributed by atoms with Crippen LogP contribution < -0.4 is 5.32 Å². The molecule has 0 bridgehead atoms. The molecule has 1 aromatic carbocycles. The molecule has 0 atom stereocenters. The molecule has 0 aliphatic heterocycles. The van der Waals surface area contributed by atoms with Crippen molar-refractivity contribution < 1.29 is 18.8 Å². The molecule has 0 saturated carbocycles. The molecule has 0 saturated heterocycles. The van der Waals surface area contributed by atoms with E-state index in [0.29, 0.717) is 0 Å². The topological polar surface area (TPSA) is 81.5 Å². The van der Waals surface area contributed by atoms with E-state index in [-0.39, 0.29) is 11.3 Å². The third-order valence-electron chi connectivity index (χ3n) is 1.94. The van der Waals surface area contributed by atoms with Gasteiger partial charge in [-0.05, 0) is 12.1 Å². The van der Waals surface area contributed by atoms with Gasteiger partial charge in [-0.15, -0.1) is 0 Å². The molecule has 0 fully saturated rings. The van der Waals surface area contributed by atoms with Crippen LogP contribution in [0.2, 0.25) is 0 Å². The van der Waals surface area contributed by atoms with Gasteiger partial charge in [0.1, 0.15) is 5.69 Å². The van der Waals surface area contributed by atoms with Crippen molar-refractivity contribution >= 4 is 17.3 Å². The van der Waals surface area contributed by atoms with E-state index in [0.717, 1.165) is 19.2 Å². The first-order valence-corrected chi connectivity index (χ1v) is 4.25. The Morgan fingerprint density at radius 3 is 2.62 bits per heavy atom. The molecule has 0 aromatic heterocycles. The maximum absolute atomic E-state index is 13.4. The molecule has 0 aliphatic rings. The van der Waals surface area contributed by atoms with Crippen LogP contribution in [0.5, 0.6) is 0 Å². The van der Waals surface area contributed by atoms with E-state index >= 15 is 0 Å². The average molecular weight is 228 g/mol. The largest absolute Gasteiger partial charge is 0.465 e. The maximum atomic E-state index is 13.4. The van der Waals surface area contributed by atoms with E-state index < -0.39 is 22.4 Å². The van der Waals surface area contributed by atoms with Gasteiger partial charge in [0.2, 0.25) is 5.82 Å². The summed E-state index contributed by atoms with van der Waals surface area (Å²) in [7, 11) is 2.53. The fourth-order valence-corrected chi connectivity index (χ4v) is 1.21. The number of hydrogen-bond acceptors (Lipinski definition) is 5. The van der Waals surface area contributed by atoms with Crippen molar-refractivity contribution in [2.24, 2.45) is 0 Å². The molecule has 1 N–H and O–H groups in total. The standard InChI is InChI=1S/C9H9FN2O4/c1-11-7-4-5(9(13)16-2)3-6(10)8(7)12(14)15/h3-4,11H,1-2H3. The molecular weight excluding hydrogens is 219 g/mol. The summed E-state index contributed by atoms with van der Waals surface area (Å²) in [6.45, 7) is 0. The summed E-state index contributed by atoms with van der Waals surface area (Å²) in [5, 5.41) is 13.0. The van der Waals surface area contributed by atoms with E-state index in [4.69, 9.17) is 0 Å². The van der Waals surface area contributed by atoms with Crippen molar-refractivity contribution in [3.63, 3.8) is 0 Å². The van der Waals surface area contributed by atoms with Crippen LogP contribution >= 0.6 is 0 Å². The zero-order chi connectivity index (χ0) is 12.3. The first-order valence-electron chi connectivity index (χ1n) is 4.25. The SMILES string of the molecule is CNc1cc(C(=O)OC)cc(F)c1[N+](=O)[O-]. The molecule has 16 heavy (non-hydrogen) atoms. The summed E-state index contributed by atoms with van der Waals surface area (Å²) in [5.74, 6) is -1.84. The number of benzene rings is 1. The Morgan fingerprint density at radius 2 is 2.19 bits per heavy atom. The van der Waals surface area contributed by atoms with Gasteiger partial charge in [0.25, 0.3) is 0 Å². The van der Waals surface area contributed by atoms with Crippen molar-refractivity contribution in [2.75, 3.05) is 19.5 Å². The third kappa shape index (κ3) is 2.08. The Balaban J connectivity index is 3.37. The fourth-order valence-electron chi connectivity index (χ4n) is 1.21. The Morgan fingerprint density at radius 1 is 1.56 bits per heavy atom. The Kier molecular flexibility index (Phi) is 3.39. The van der Waals surface area contributed by atoms with Crippen molar-refractivity contribution in [3.05, 3.63) is 33.6 Å². The summed E-state index contributed by atoms with van der Waals surface area (Å²) < 4.78 is 17.7. The maximum Gasteiger partial charge on any atom is 0.338 e. The van der Waals surface area contributed by atoms with Crippen LogP contribution in [0.3, 0.4) is 0 Å². The van der Waals surface area contributed by atoms with Gasteiger partial charge in [0.05, 0.1) is 17.6 Å². The number of esters is 1. The quantitative estimate of drug-likeness (QED) is 0.482. The van der Waals surface area contributed by atoms with Crippen LogP contribution in [0.25, 0.3) is 0 Å². The molecule has 0 heterocycles. The number of nitro benzene ring substituents is 1. The van der Waals surface area contributed by atoms with Crippen molar-refractivity contribution in [2.45, 2.75) is 0 Å². The Bertz CT molecular complexity index is 447. The van der Waals surface area contributed by atoms with Crippen LogP contribution in [0.4, 0.5) is 15.8 Å². The van der Waals surface area contributed by atoms with Crippen LogP contribution in [0.1, 0.15) is 10.4 Å². The second kappa shape index (κ2) is 4.56. The van der Waals surface area contributed by atoms with Gasteiger partial charge in [-0.2, -0.15) is 4.39 Å². The van der Waals surface area contributed by atoms with Gasteiger partial charge in [-0.1, -0.05) is 0 Å². The zero-order valence-electron chi connectivity index (χ0n) is 8.61. The van der Waals surface area contributed by atoms with E-state index in [2.05, 4.69) is 10.1 Å². The first kappa shape index (κ1) is 11.9. The zero-order valence-corrected chi connectivity index (χ0v) is 8.61. The molecule has 1 aromatic rings. The number of halogens is 1. The molecule has 1 rings (SSSR count). The number of nitrogens with zero attached hydrogens (tertiary/aromatic N) is 1. The Hall–Kier alpha value is -2.18. The number of rotatable bonds is 3. The van der Waals surface area contributed by atoms with E-state index in [1.807, 2.05) is 0 Å². The first-order chi connectivity index (χ1) is 7.51. The number of carbonyl (C=O) groups excluding carboxylic acids is 1. The smallest absolute Gasteiger partial charge is 0.338 e. The molecular formula is C9H9FN2O4. The van der Waals surface area contributed by atoms with E-state index in [9.17, 15) is 19.3 Å². The highest BCUT2D eigenvalue weighted by atomic mass is 19.1. The highest BCUT2D eigenvalue weighted by molar-refractivity contribution is 5.91. The molecule has 0 spiro atoms. The lowest BCUT2D eigenvalue weighted by molar-refractivity contribution is -0.386. The second-order valence-corrected chi connectivity index (χ2v) is 2.85. The molecule has 0 aliphatic carbocycles. The van der Waals surface area contributed by atoms with Gasteiger partial charge >= 0.3 is 11.7 Å². The van der Waals surface area contributed by atoms with E-state index in [1.165, 1.54) is 7.05 Å². The number of nitrogens with one attached hydrogen (secondary N) is 1. The monoisotopic (exact) mass is 228 g/mol. The summed E-state index contributed by atoms with van der Waals surface area (Å²) in [6, 6.07) is 1.93. The number of anilines is 1. The molecule has 6 nitrogen and oxygen atoms in total. The predicted molar refractivity (Wildman–Crippen MR) is 53.9 cm³/mol. The highest BCUT2D eigenvalue weighted by Gasteiger charge is 2.23. The van der Waals surface area contributed by atoms with Crippen molar-refractivity contribution in [1.82, 2.24) is 0 Å². The molecule has 0 unspecified atom stereocenters. The van der Waals surface area contributed by atoms with Crippen LogP contribution in [-0.4, -0.2) is 25.1 Å². The number of methoxy groups -OCH3 is 1. The van der Waals surface area contributed by atoms with Gasteiger partial charge in [-0.3, -0.25) is 10.1 Å². The van der Waals surface area contributed by atoms with Crippen LogP contribution in [-0.2, 0) is 4.74 Å². The minimum absolute atomic E-state index is 0.0783.